The molecule has 0 saturated carbocycles. The van der Waals surface area contributed by atoms with Gasteiger partial charge >= 0.3 is 0 Å². The van der Waals surface area contributed by atoms with E-state index in [1.54, 1.807) is 0 Å². The van der Waals surface area contributed by atoms with Crippen molar-refractivity contribution < 1.29 is 13.5 Å². The number of sulfone groups is 1. The number of hydrogen-bond acceptors (Lipinski definition) is 3. The first-order valence-electron chi connectivity index (χ1n) is 7.75. The summed E-state index contributed by atoms with van der Waals surface area (Å²) in [5.74, 6) is 0. The smallest absolute Gasteiger partial charge is 0.156 e. The van der Waals surface area contributed by atoms with Crippen LogP contribution in [-0.2, 0) is 21.9 Å². The van der Waals surface area contributed by atoms with Gasteiger partial charge in [0.2, 0.25) is 0 Å². The summed E-state index contributed by atoms with van der Waals surface area (Å²) in [5.41, 5.74) is 2.33. The summed E-state index contributed by atoms with van der Waals surface area (Å²) in [7, 11) is -3.03. The number of fused-ring (bicyclic) bond motifs is 3. The summed E-state index contributed by atoms with van der Waals surface area (Å²) in [6, 6.07) is 6.02. The van der Waals surface area contributed by atoms with E-state index in [0.29, 0.717) is 25.7 Å². The van der Waals surface area contributed by atoms with Crippen LogP contribution in [0, 0.1) is 0 Å². The van der Waals surface area contributed by atoms with Gasteiger partial charge in [-0.25, -0.2) is 8.42 Å². The monoisotopic (exact) mass is 304 g/mol. The molecule has 1 N–H and O–H groups in total. The van der Waals surface area contributed by atoms with Gasteiger partial charge in [0.15, 0.2) is 9.84 Å². The van der Waals surface area contributed by atoms with Crippen molar-refractivity contribution >= 4 is 15.9 Å². The highest BCUT2D eigenvalue weighted by Crippen LogP contribution is 2.47. The van der Waals surface area contributed by atoms with Crippen molar-refractivity contribution in [2.75, 3.05) is 0 Å². The molecule has 2 fully saturated rings. The van der Waals surface area contributed by atoms with Crippen LogP contribution < -0.4 is 0 Å². The predicted octanol–water partition coefficient (Wildman–Crippen LogP) is 2.57. The van der Waals surface area contributed by atoms with Crippen LogP contribution in [0.2, 0.25) is 0 Å². The predicted molar refractivity (Wildman–Crippen MR) is 82.7 cm³/mol. The molecule has 112 valence electrons. The van der Waals surface area contributed by atoms with Gasteiger partial charge < -0.3 is 5.11 Å². The van der Waals surface area contributed by atoms with E-state index >= 15 is 0 Å². The molecule has 4 heteroatoms. The Bertz CT molecular complexity index is 698. The van der Waals surface area contributed by atoms with Gasteiger partial charge in [-0.15, -0.1) is 0 Å². The number of rotatable bonds is 1. The molecular weight excluding hydrogens is 284 g/mol. The lowest BCUT2D eigenvalue weighted by Crippen LogP contribution is -2.50. The Labute approximate surface area is 125 Å². The van der Waals surface area contributed by atoms with Gasteiger partial charge in [0.05, 0.1) is 16.1 Å². The average molecular weight is 304 g/mol. The third-order valence-corrected chi connectivity index (χ3v) is 8.11. The first-order valence-corrected chi connectivity index (χ1v) is 9.36. The molecular formula is C17H20O3S. The third-order valence-electron chi connectivity index (χ3n) is 5.45. The fraction of sp³-hybridized carbons (Fsp3) is 0.529. The van der Waals surface area contributed by atoms with Crippen molar-refractivity contribution in [3.8, 4) is 0 Å². The van der Waals surface area contributed by atoms with Crippen molar-refractivity contribution in [3.63, 3.8) is 0 Å². The fourth-order valence-corrected chi connectivity index (χ4v) is 6.95. The molecule has 2 saturated heterocycles. The average Bonchev–Trinajstić information content (AvgIpc) is 2.88. The lowest BCUT2D eigenvalue weighted by atomic mass is 9.78. The molecule has 2 bridgehead atoms. The van der Waals surface area contributed by atoms with Crippen LogP contribution in [0.4, 0.5) is 0 Å². The van der Waals surface area contributed by atoms with Gasteiger partial charge in [-0.2, -0.15) is 0 Å². The van der Waals surface area contributed by atoms with E-state index in [4.69, 9.17) is 0 Å². The molecule has 1 aromatic carbocycles. The highest BCUT2D eigenvalue weighted by atomic mass is 32.2. The summed E-state index contributed by atoms with van der Waals surface area (Å²) in [6.07, 6.45) is 8.14. The van der Waals surface area contributed by atoms with Crippen LogP contribution in [-0.4, -0.2) is 24.0 Å². The Morgan fingerprint density at radius 3 is 2.57 bits per heavy atom. The zero-order chi connectivity index (χ0) is 14.7. The zero-order valence-corrected chi connectivity index (χ0v) is 12.8. The van der Waals surface area contributed by atoms with Crippen LogP contribution in [0.15, 0.2) is 24.3 Å². The van der Waals surface area contributed by atoms with E-state index in [2.05, 4.69) is 18.2 Å². The molecule has 21 heavy (non-hydrogen) atoms. The van der Waals surface area contributed by atoms with Crippen molar-refractivity contribution in [2.45, 2.75) is 54.6 Å². The minimum atomic E-state index is -3.03. The number of benzene rings is 1. The highest BCUT2D eigenvalue weighted by Gasteiger charge is 2.51. The SMILES string of the molecule is O=S1(=O)C2CCCC1CC(O)(c1cccc3c1CC=C3)C2. The summed E-state index contributed by atoms with van der Waals surface area (Å²) in [5, 5.41) is 10.5. The van der Waals surface area contributed by atoms with Crippen LogP contribution in [0.3, 0.4) is 0 Å². The van der Waals surface area contributed by atoms with Crippen LogP contribution in [0.25, 0.3) is 6.08 Å². The topological polar surface area (TPSA) is 54.4 Å². The lowest BCUT2D eigenvalue weighted by Gasteiger charge is -2.44. The standard InChI is InChI=1S/C17H20O3S/c18-17(16-9-2-5-12-4-1-8-15(12)16)10-13-6-3-7-14(11-17)21(13,19)20/h1-2,4-5,9,13-14,18H,3,6-8,10-11H2. The Balaban J connectivity index is 1.78. The third kappa shape index (κ3) is 1.92. The summed E-state index contributed by atoms with van der Waals surface area (Å²) in [4.78, 5) is 0. The van der Waals surface area contributed by atoms with Gasteiger partial charge in [-0.3, -0.25) is 0 Å². The molecule has 2 heterocycles. The zero-order valence-electron chi connectivity index (χ0n) is 12.0. The van der Waals surface area contributed by atoms with Crippen LogP contribution >= 0.6 is 0 Å². The van der Waals surface area contributed by atoms with Crippen LogP contribution in [0.1, 0.15) is 48.8 Å². The molecule has 3 nitrogen and oxygen atoms in total. The number of aliphatic hydroxyl groups is 1. The maximum atomic E-state index is 12.4. The second-order valence-electron chi connectivity index (χ2n) is 6.68. The fourth-order valence-electron chi connectivity index (χ4n) is 4.40. The van der Waals surface area contributed by atoms with E-state index in [1.165, 1.54) is 11.1 Å². The molecule has 0 aromatic heterocycles. The largest absolute Gasteiger partial charge is 0.385 e. The number of hydrogen-bond donors (Lipinski definition) is 1. The first-order chi connectivity index (χ1) is 10.0. The molecule has 2 unspecified atom stereocenters. The summed E-state index contributed by atoms with van der Waals surface area (Å²) in [6.45, 7) is 0. The summed E-state index contributed by atoms with van der Waals surface area (Å²) < 4.78 is 24.8. The van der Waals surface area contributed by atoms with Crippen molar-refractivity contribution in [3.05, 3.63) is 41.0 Å². The molecule has 0 radical (unpaired) electrons. The second kappa shape index (κ2) is 4.43. The van der Waals surface area contributed by atoms with Crippen LogP contribution in [0.5, 0.6) is 0 Å². The minimum Gasteiger partial charge on any atom is -0.385 e. The molecule has 1 aromatic rings. The molecule has 1 aliphatic carbocycles. The molecule has 3 aliphatic rings. The first kappa shape index (κ1) is 13.5. The maximum Gasteiger partial charge on any atom is 0.156 e. The Morgan fingerprint density at radius 1 is 1.14 bits per heavy atom. The molecule has 4 rings (SSSR count). The Morgan fingerprint density at radius 2 is 1.86 bits per heavy atom. The van der Waals surface area contributed by atoms with Gasteiger partial charge in [-0.05, 0) is 48.8 Å². The van der Waals surface area contributed by atoms with E-state index in [-0.39, 0.29) is 10.5 Å². The van der Waals surface area contributed by atoms with Crippen molar-refractivity contribution in [1.29, 1.82) is 0 Å². The van der Waals surface area contributed by atoms with Gasteiger partial charge in [0, 0.05) is 0 Å². The van der Waals surface area contributed by atoms with E-state index in [0.717, 1.165) is 18.4 Å². The van der Waals surface area contributed by atoms with E-state index < -0.39 is 15.4 Å². The lowest BCUT2D eigenvalue weighted by molar-refractivity contribution is 0.00434. The second-order valence-corrected chi connectivity index (χ2v) is 9.20. The maximum absolute atomic E-state index is 12.4. The minimum absolute atomic E-state index is 0.361. The van der Waals surface area contributed by atoms with E-state index in [1.807, 2.05) is 12.1 Å². The Hall–Kier alpha value is -1.13. The summed E-state index contributed by atoms with van der Waals surface area (Å²) >= 11 is 0. The molecule has 0 spiro atoms. The van der Waals surface area contributed by atoms with Gasteiger partial charge in [-0.1, -0.05) is 36.8 Å². The number of allylic oxidation sites excluding steroid dienone is 1. The molecule has 2 aliphatic heterocycles. The quantitative estimate of drug-likeness (QED) is 0.867. The molecule has 0 amide bonds. The highest BCUT2D eigenvalue weighted by molar-refractivity contribution is 7.92. The normalized spacial score (nSPS) is 36.4. The van der Waals surface area contributed by atoms with Gasteiger partial charge in [0.1, 0.15) is 0 Å². The molecule has 2 atom stereocenters. The Kier molecular flexibility index (Phi) is 2.86. The van der Waals surface area contributed by atoms with Gasteiger partial charge in [0.25, 0.3) is 0 Å². The van der Waals surface area contributed by atoms with E-state index in [9.17, 15) is 13.5 Å². The van der Waals surface area contributed by atoms with Crippen molar-refractivity contribution in [2.24, 2.45) is 0 Å². The van der Waals surface area contributed by atoms with Crippen molar-refractivity contribution in [1.82, 2.24) is 0 Å².